The molecule has 4 heterocycles. The minimum absolute atomic E-state index is 0.307. The van der Waals surface area contributed by atoms with Gasteiger partial charge in [-0.25, -0.2) is 0 Å². The molecule has 0 fully saturated rings. The Balaban J connectivity index is 0.986. The quantitative estimate of drug-likeness (QED) is 0.168. The molecule has 0 bridgehead atoms. The van der Waals surface area contributed by atoms with Crippen molar-refractivity contribution in [1.82, 2.24) is 9.13 Å². The van der Waals surface area contributed by atoms with Crippen LogP contribution in [0.15, 0.2) is 200 Å². The van der Waals surface area contributed by atoms with E-state index in [0.717, 1.165) is 72.9 Å². The van der Waals surface area contributed by atoms with Gasteiger partial charge in [0.25, 0.3) is 0 Å². The van der Waals surface area contributed by atoms with Crippen LogP contribution in [0.25, 0.3) is 88.4 Å². The molecule has 2 aliphatic heterocycles. The van der Waals surface area contributed by atoms with E-state index in [9.17, 15) is 0 Å². The maximum atomic E-state index is 7.10. The number of hydrogen-bond acceptors (Lipinski definition) is 2. The molecule has 274 valence electrons. The summed E-state index contributed by atoms with van der Waals surface area (Å²) in [5, 5.41) is 4.99. The third-order valence-electron chi connectivity index (χ3n) is 12.4. The summed E-state index contributed by atoms with van der Waals surface area (Å²) in [4.78, 5) is 0. The topological polar surface area (TPSA) is 28.3 Å². The minimum atomic E-state index is -0.307. The first-order valence-corrected chi connectivity index (χ1v) is 20.2. The van der Waals surface area contributed by atoms with Gasteiger partial charge in [-0.1, -0.05) is 133 Å². The molecule has 0 N–H and O–H groups in total. The first-order chi connectivity index (χ1) is 29.3. The lowest BCUT2D eigenvalue weighted by atomic mass is 9.50. The molecule has 13 rings (SSSR count). The highest BCUT2D eigenvalue weighted by Crippen LogP contribution is 2.45. The van der Waals surface area contributed by atoms with Crippen LogP contribution in [0.2, 0.25) is 0 Å². The maximum Gasteiger partial charge on any atom is 0.434 e. The van der Waals surface area contributed by atoms with Crippen LogP contribution in [0.4, 0.5) is 0 Å². The van der Waals surface area contributed by atoms with E-state index in [1.807, 2.05) is 12.1 Å². The minimum Gasteiger partial charge on any atom is -0.551 e. The average molecular weight is 753 g/mol. The van der Waals surface area contributed by atoms with Crippen molar-refractivity contribution in [3.8, 4) is 62.0 Å². The Morgan fingerprint density at radius 3 is 1.66 bits per heavy atom. The summed E-state index contributed by atoms with van der Waals surface area (Å²) >= 11 is 0. The van der Waals surface area contributed by atoms with Crippen LogP contribution in [-0.2, 0) is 0 Å². The first kappa shape index (κ1) is 32.3. The van der Waals surface area contributed by atoms with Gasteiger partial charge in [-0.2, -0.15) is 0 Å². The molecule has 2 aromatic heterocycles. The van der Waals surface area contributed by atoms with Crippen LogP contribution in [0.3, 0.4) is 0 Å². The van der Waals surface area contributed by atoms with Crippen LogP contribution in [-0.4, -0.2) is 16.0 Å². The van der Waals surface area contributed by atoms with Crippen molar-refractivity contribution in [3.05, 3.63) is 200 Å². The van der Waals surface area contributed by atoms with E-state index in [-0.39, 0.29) is 6.92 Å². The summed E-state index contributed by atoms with van der Waals surface area (Å²) in [7, 11) is 0. The van der Waals surface area contributed by atoms with Gasteiger partial charge in [-0.3, -0.25) is 0 Å². The van der Waals surface area contributed by atoms with E-state index in [2.05, 4.69) is 197 Å². The summed E-state index contributed by atoms with van der Waals surface area (Å²) < 4.78 is 18.6. The molecule has 5 heteroatoms. The lowest BCUT2D eigenvalue weighted by Crippen LogP contribution is -2.53. The Bertz CT molecular complexity index is 3430. The van der Waals surface area contributed by atoms with E-state index in [4.69, 9.17) is 9.39 Å². The number of hydrogen-bond donors (Lipinski definition) is 0. The zero-order chi connectivity index (χ0) is 38.6. The van der Waals surface area contributed by atoms with Crippen molar-refractivity contribution < 1.29 is 9.39 Å². The molecular weight excluding hydrogens is 719 g/mol. The fourth-order valence-corrected chi connectivity index (χ4v) is 9.81. The number of rotatable bonds is 4. The van der Waals surface area contributed by atoms with E-state index in [1.54, 1.807) is 0 Å². The summed E-state index contributed by atoms with van der Waals surface area (Å²) in [6.07, 6.45) is 0. The fraction of sp³-hybridized carbons (Fsp3) is 0. The Kier molecular flexibility index (Phi) is 6.78. The molecule has 59 heavy (non-hydrogen) atoms. The van der Waals surface area contributed by atoms with E-state index < -0.39 is 0 Å². The van der Waals surface area contributed by atoms with Crippen LogP contribution in [0.1, 0.15) is 0 Å². The van der Waals surface area contributed by atoms with Gasteiger partial charge in [-0.05, 0) is 89.0 Å². The van der Waals surface area contributed by atoms with Crippen molar-refractivity contribution in [1.29, 1.82) is 0 Å². The molecular formula is C54H33BN2O2. The molecule has 0 saturated heterocycles. The summed E-state index contributed by atoms with van der Waals surface area (Å²) in [5.74, 6) is 2.51. The van der Waals surface area contributed by atoms with Crippen molar-refractivity contribution >= 4 is 61.5 Å². The molecule has 0 unspecified atom stereocenters. The monoisotopic (exact) mass is 752 g/mol. The summed E-state index contributed by atoms with van der Waals surface area (Å²) in [6, 6.07) is 71.8. The molecule has 0 radical (unpaired) electrons. The third kappa shape index (κ3) is 4.73. The number of nitrogens with zero attached hydrogens (tertiary/aromatic N) is 2. The highest BCUT2D eigenvalue weighted by molar-refractivity contribution is 6.84. The van der Waals surface area contributed by atoms with Crippen molar-refractivity contribution in [2.24, 2.45) is 0 Å². The second-order valence-electron chi connectivity index (χ2n) is 15.6. The van der Waals surface area contributed by atoms with Gasteiger partial charge in [0.15, 0.2) is 0 Å². The molecule has 4 nitrogen and oxygen atoms in total. The average Bonchev–Trinajstić information content (AvgIpc) is 3.82. The Morgan fingerprint density at radius 1 is 0.356 bits per heavy atom. The van der Waals surface area contributed by atoms with Gasteiger partial charge < -0.3 is 18.5 Å². The van der Waals surface area contributed by atoms with Crippen LogP contribution < -0.4 is 20.3 Å². The largest absolute Gasteiger partial charge is 0.551 e. The maximum absolute atomic E-state index is 7.10. The van der Waals surface area contributed by atoms with Crippen LogP contribution in [0, 0.1) is 0 Å². The smallest absolute Gasteiger partial charge is 0.434 e. The van der Waals surface area contributed by atoms with Crippen LogP contribution >= 0.6 is 0 Å². The number of ether oxygens (including phenoxy) is 1. The highest BCUT2D eigenvalue weighted by Gasteiger charge is 2.41. The number of fused-ring (bicyclic) bond motifs is 10. The van der Waals surface area contributed by atoms with Crippen molar-refractivity contribution in [3.63, 3.8) is 0 Å². The van der Waals surface area contributed by atoms with Gasteiger partial charge in [0, 0.05) is 49.3 Å². The summed E-state index contributed by atoms with van der Waals surface area (Å²) in [6.45, 7) is -0.307. The second-order valence-corrected chi connectivity index (χ2v) is 15.6. The predicted molar refractivity (Wildman–Crippen MR) is 244 cm³/mol. The zero-order valence-electron chi connectivity index (χ0n) is 31.8. The molecule has 0 spiro atoms. The van der Waals surface area contributed by atoms with Gasteiger partial charge >= 0.3 is 6.92 Å². The molecule has 0 amide bonds. The Labute approximate surface area is 340 Å². The SMILES string of the molecule is c1cc(-c2cc3c4c(c2)-c2ccc(-c5ccccc5-n5c6ccccc6c6ccccc65)cc2OB4c2ccccc2O3)cc(-n2c3ccccc3c3ccccc32)c1. The molecule has 0 aliphatic carbocycles. The fourth-order valence-electron chi connectivity index (χ4n) is 9.81. The molecule has 9 aromatic carbocycles. The zero-order valence-corrected chi connectivity index (χ0v) is 31.8. The second kappa shape index (κ2) is 12.4. The summed E-state index contributed by atoms with van der Waals surface area (Å²) in [5.41, 5.74) is 15.7. The van der Waals surface area contributed by atoms with Gasteiger partial charge in [0.1, 0.15) is 17.2 Å². The Hall–Kier alpha value is -7.76. The molecule has 0 atom stereocenters. The standard InChI is InChI=1S/C54H33BN2O2/c1-7-22-46(57-49-25-10-4-19-41(49)42-20-5-11-26-50(42)57)38(16-1)35-28-29-43-44-31-36(33-53-54(44)55(59-52(43)32-35)45-21-6-12-27-51(45)58-53)34-14-13-15-37(30-34)56-47-23-8-2-17-39(47)40-18-3-9-24-48(40)56/h1-33H. The lowest BCUT2D eigenvalue weighted by molar-refractivity contribution is 0.479. The lowest BCUT2D eigenvalue weighted by Gasteiger charge is -2.33. The van der Waals surface area contributed by atoms with Gasteiger partial charge in [0.2, 0.25) is 0 Å². The van der Waals surface area contributed by atoms with E-state index >= 15 is 0 Å². The van der Waals surface area contributed by atoms with Gasteiger partial charge in [0.05, 0.1) is 27.8 Å². The molecule has 11 aromatic rings. The van der Waals surface area contributed by atoms with E-state index in [0.29, 0.717) is 0 Å². The number of aromatic nitrogens is 2. The first-order valence-electron chi connectivity index (χ1n) is 20.2. The number of benzene rings is 9. The van der Waals surface area contributed by atoms with Crippen LogP contribution in [0.5, 0.6) is 17.2 Å². The molecule has 2 aliphatic rings. The molecule has 0 saturated carbocycles. The number of para-hydroxylation sites is 6. The highest BCUT2D eigenvalue weighted by atomic mass is 16.5. The van der Waals surface area contributed by atoms with Gasteiger partial charge in [-0.15, -0.1) is 0 Å². The Morgan fingerprint density at radius 2 is 0.949 bits per heavy atom. The third-order valence-corrected chi connectivity index (χ3v) is 12.4. The predicted octanol–water partition coefficient (Wildman–Crippen LogP) is 12.5. The normalized spacial score (nSPS) is 12.6. The van der Waals surface area contributed by atoms with E-state index in [1.165, 1.54) is 43.6 Å². The van der Waals surface area contributed by atoms with Crippen molar-refractivity contribution in [2.75, 3.05) is 0 Å². The van der Waals surface area contributed by atoms with Crippen molar-refractivity contribution in [2.45, 2.75) is 0 Å².